The fourth-order valence-corrected chi connectivity index (χ4v) is 3.09. The van der Waals surface area contributed by atoms with E-state index in [-0.39, 0.29) is 5.97 Å². The Balaban J connectivity index is 1.70. The normalized spacial score (nSPS) is 10.6. The fourth-order valence-electron chi connectivity index (χ4n) is 3.09. The minimum atomic E-state index is -0.405. The molecule has 0 aromatic heterocycles. The molecule has 0 fully saturated rings. The van der Waals surface area contributed by atoms with Crippen molar-refractivity contribution in [2.45, 2.75) is 32.6 Å². The molecule has 0 aliphatic heterocycles. The molecule has 144 valence electrons. The van der Waals surface area contributed by atoms with Gasteiger partial charge in [-0.25, -0.2) is 9.59 Å². The highest BCUT2D eigenvalue weighted by molar-refractivity contribution is 5.99. The van der Waals surface area contributed by atoms with Crippen LogP contribution in [0.3, 0.4) is 0 Å². The van der Waals surface area contributed by atoms with Crippen molar-refractivity contribution < 1.29 is 19.1 Å². The molecule has 3 aromatic carbocycles. The van der Waals surface area contributed by atoms with E-state index in [9.17, 15) is 9.59 Å². The third-order valence-corrected chi connectivity index (χ3v) is 4.70. The topological polar surface area (TPSA) is 52.6 Å². The second-order valence-electron chi connectivity index (χ2n) is 6.76. The van der Waals surface area contributed by atoms with Crippen LogP contribution in [0.2, 0.25) is 0 Å². The van der Waals surface area contributed by atoms with Gasteiger partial charge in [0.15, 0.2) is 0 Å². The van der Waals surface area contributed by atoms with Gasteiger partial charge in [0.25, 0.3) is 0 Å². The SMILES string of the molecule is CCCCCc1ccc(OC(=O)c2ccc3cc(C(=O)OC)ccc3c2)cc1. The van der Waals surface area contributed by atoms with Crippen molar-refractivity contribution in [2.24, 2.45) is 0 Å². The highest BCUT2D eigenvalue weighted by Crippen LogP contribution is 2.21. The lowest BCUT2D eigenvalue weighted by Gasteiger charge is -2.07. The van der Waals surface area contributed by atoms with E-state index in [1.807, 2.05) is 24.3 Å². The summed E-state index contributed by atoms with van der Waals surface area (Å²) in [6, 6.07) is 18.2. The Hall–Kier alpha value is -3.14. The van der Waals surface area contributed by atoms with Crippen molar-refractivity contribution >= 4 is 22.7 Å². The molecule has 0 radical (unpaired) electrons. The lowest BCUT2D eigenvalue weighted by molar-refractivity contribution is 0.0600. The summed E-state index contributed by atoms with van der Waals surface area (Å²) in [5.74, 6) is -0.258. The first-order valence-electron chi connectivity index (χ1n) is 9.54. The Morgan fingerprint density at radius 3 is 1.96 bits per heavy atom. The molecule has 0 spiro atoms. The van der Waals surface area contributed by atoms with Crippen LogP contribution < -0.4 is 4.74 Å². The van der Waals surface area contributed by atoms with E-state index in [1.165, 1.54) is 31.9 Å². The second-order valence-corrected chi connectivity index (χ2v) is 6.76. The van der Waals surface area contributed by atoms with E-state index in [1.54, 1.807) is 36.4 Å². The molecule has 0 saturated carbocycles. The van der Waals surface area contributed by atoms with Crippen LogP contribution in [0, 0.1) is 0 Å². The number of fused-ring (bicyclic) bond motifs is 1. The molecule has 3 aromatic rings. The van der Waals surface area contributed by atoms with Crippen LogP contribution in [0.4, 0.5) is 0 Å². The first-order chi connectivity index (χ1) is 13.6. The summed E-state index contributed by atoms with van der Waals surface area (Å²) in [5, 5.41) is 1.71. The number of carbonyl (C=O) groups is 2. The van der Waals surface area contributed by atoms with Gasteiger partial charge in [-0.05, 0) is 65.6 Å². The summed E-state index contributed by atoms with van der Waals surface area (Å²) in [4.78, 5) is 24.1. The van der Waals surface area contributed by atoms with Gasteiger partial charge in [0.2, 0.25) is 0 Å². The first kappa shape index (κ1) is 19.6. The molecule has 0 saturated heterocycles. The highest BCUT2D eigenvalue weighted by atomic mass is 16.5. The van der Waals surface area contributed by atoms with Crippen molar-refractivity contribution in [1.82, 2.24) is 0 Å². The molecular weight excluding hydrogens is 352 g/mol. The average Bonchev–Trinajstić information content (AvgIpc) is 2.73. The third-order valence-electron chi connectivity index (χ3n) is 4.70. The van der Waals surface area contributed by atoms with Gasteiger partial charge in [-0.1, -0.05) is 44.0 Å². The Morgan fingerprint density at radius 2 is 1.39 bits per heavy atom. The summed E-state index contributed by atoms with van der Waals surface area (Å²) in [6.45, 7) is 2.19. The van der Waals surface area contributed by atoms with Gasteiger partial charge in [0.1, 0.15) is 5.75 Å². The standard InChI is InChI=1S/C24H24O4/c1-3-4-5-6-17-7-13-22(14-8-17)28-24(26)21-12-10-18-15-20(23(25)27-2)11-9-19(18)16-21/h7-16H,3-6H2,1-2H3. The van der Waals surface area contributed by atoms with E-state index in [4.69, 9.17) is 9.47 Å². The number of hydrogen-bond acceptors (Lipinski definition) is 4. The van der Waals surface area contributed by atoms with Gasteiger partial charge in [-0.3, -0.25) is 0 Å². The molecule has 0 amide bonds. The van der Waals surface area contributed by atoms with Gasteiger partial charge in [-0.2, -0.15) is 0 Å². The van der Waals surface area contributed by atoms with Crippen LogP contribution in [-0.2, 0) is 11.2 Å². The van der Waals surface area contributed by atoms with Crippen LogP contribution in [0.1, 0.15) is 52.5 Å². The molecule has 28 heavy (non-hydrogen) atoms. The maximum absolute atomic E-state index is 12.5. The zero-order chi connectivity index (χ0) is 19.9. The smallest absolute Gasteiger partial charge is 0.343 e. The van der Waals surface area contributed by atoms with Crippen molar-refractivity contribution in [3.63, 3.8) is 0 Å². The lowest BCUT2D eigenvalue weighted by Crippen LogP contribution is -2.08. The highest BCUT2D eigenvalue weighted by Gasteiger charge is 2.11. The summed E-state index contributed by atoms with van der Waals surface area (Å²) in [5.41, 5.74) is 2.19. The molecule has 0 bridgehead atoms. The molecule has 0 unspecified atom stereocenters. The van der Waals surface area contributed by atoms with Crippen molar-refractivity contribution in [3.05, 3.63) is 77.4 Å². The van der Waals surface area contributed by atoms with E-state index >= 15 is 0 Å². The van der Waals surface area contributed by atoms with E-state index < -0.39 is 5.97 Å². The number of ether oxygens (including phenoxy) is 2. The Bertz CT molecular complexity index is 974. The number of aryl methyl sites for hydroxylation is 1. The molecule has 4 heteroatoms. The molecule has 0 atom stereocenters. The maximum Gasteiger partial charge on any atom is 0.343 e. The first-order valence-corrected chi connectivity index (χ1v) is 9.54. The molecule has 0 aliphatic carbocycles. The minimum Gasteiger partial charge on any atom is -0.465 e. The van der Waals surface area contributed by atoms with E-state index in [2.05, 4.69) is 6.92 Å². The zero-order valence-electron chi connectivity index (χ0n) is 16.2. The molecule has 0 aliphatic rings. The quantitative estimate of drug-likeness (QED) is 0.307. The molecule has 3 rings (SSSR count). The monoisotopic (exact) mass is 376 g/mol. The molecular formula is C24H24O4. The number of esters is 2. The summed E-state index contributed by atoms with van der Waals surface area (Å²) < 4.78 is 10.2. The molecule has 0 heterocycles. The number of methoxy groups -OCH3 is 1. The number of unbranched alkanes of at least 4 members (excludes halogenated alkanes) is 2. The summed E-state index contributed by atoms with van der Waals surface area (Å²) >= 11 is 0. The predicted octanol–water partition coefficient (Wildman–Crippen LogP) is 5.58. The maximum atomic E-state index is 12.5. The van der Waals surface area contributed by atoms with Crippen molar-refractivity contribution in [1.29, 1.82) is 0 Å². The lowest BCUT2D eigenvalue weighted by atomic mass is 10.0. The van der Waals surface area contributed by atoms with E-state index in [0.717, 1.165) is 17.2 Å². The van der Waals surface area contributed by atoms with Gasteiger partial charge >= 0.3 is 11.9 Å². The minimum absolute atomic E-state index is 0.386. The van der Waals surface area contributed by atoms with Crippen LogP contribution in [-0.4, -0.2) is 19.0 Å². The predicted molar refractivity (Wildman–Crippen MR) is 110 cm³/mol. The number of benzene rings is 3. The third kappa shape index (κ3) is 4.77. The molecule has 4 nitrogen and oxygen atoms in total. The molecule has 0 N–H and O–H groups in total. The van der Waals surface area contributed by atoms with Gasteiger partial charge in [-0.15, -0.1) is 0 Å². The van der Waals surface area contributed by atoms with Crippen LogP contribution >= 0.6 is 0 Å². The van der Waals surface area contributed by atoms with Crippen LogP contribution in [0.15, 0.2) is 60.7 Å². The van der Waals surface area contributed by atoms with E-state index in [0.29, 0.717) is 16.9 Å². The van der Waals surface area contributed by atoms with Crippen molar-refractivity contribution in [2.75, 3.05) is 7.11 Å². The van der Waals surface area contributed by atoms with Crippen LogP contribution in [0.25, 0.3) is 10.8 Å². The number of hydrogen-bond donors (Lipinski definition) is 0. The largest absolute Gasteiger partial charge is 0.465 e. The average molecular weight is 376 g/mol. The number of carbonyl (C=O) groups excluding carboxylic acids is 2. The second kappa shape index (κ2) is 9.18. The zero-order valence-corrected chi connectivity index (χ0v) is 16.2. The summed E-state index contributed by atoms with van der Waals surface area (Å²) in [6.07, 6.45) is 4.63. The number of rotatable bonds is 7. The Kier molecular flexibility index (Phi) is 6.43. The van der Waals surface area contributed by atoms with Gasteiger partial charge in [0, 0.05) is 0 Å². The van der Waals surface area contributed by atoms with Gasteiger partial charge in [0.05, 0.1) is 18.2 Å². The van der Waals surface area contributed by atoms with Gasteiger partial charge < -0.3 is 9.47 Å². The van der Waals surface area contributed by atoms with Crippen molar-refractivity contribution in [3.8, 4) is 5.75 Å². The summed E-state index contributed by atoms with van der Waals surface area (Å²) in [7, 11) is 1.35. The Labute approximate surface area is 165 Å². The van der Waals surface area contributed by atoms with Crippen LogP contribution in [0.5, 0.6) is 5.75 Å². The Morgan fingerprint density at radius 1 is 0.786 bits per heavy atom. The fraction of sp³-hybridized carbons (Fsp3) is 0.250.